The molecule has 1 aliphatic heterocycles. The predicted octanol–water partition coefficient (Wildman–Crippen LogP) is 0.712. The molecule has 0 spiro atoms. The summed E-state index contributed by atoms with van der Waals surface area (Å²) >= 11 is 0. The second kappa shape index (κ2) is 3.98. The zero-order chi connectivity index (χ0) is 10.8. The summed E-state index contributed by atoms with van der Waals surface area (Å²) in [5.41, 5.74) is -0.297. The Hall–Kier alpha value is -1.06. The molecule has 80 valence electrons. The monoisotopic (exact) mass is 199 g/mol. The van der Waals surface area contributed by atoms with Crippen LogP contribution in [0.2, 0.25) is 0 Å². The van der Waals surface area contributed by atoms with Crippen LogP contribution >= 0.6 is 0 Å². The van der Waals surface area contributed by atoms with Gasteiger partial charge in [0.1, 0.15) is 0 Å². The van der Waals surface area contributed by atoms with Crippen LogP contribution in [0.15, 0.2) is 0 Å². The Morgan fingerprint density at radius 1 is 1.64 bits per heavy atom. The summed E-state index contributed by atoms with van der Waals surface area (Å²) in [6.45, 7) is 6.41. The Labute approximate surface area is 84.0 Å². The molecule has 1 amide bonds. The minimum absolute atomic E-state index is 0.00977. The molecule has 4 heteroatoms. The van der Waals surface area contributed by atoms with E-state index < -0.39 is 0 Å². The number of hydrogen-bond acceptors (Lipinski definition) is 3. The third-order valence-corrected chi connectivity index (χ3v) is 2.63. The van der Waals surface area contributed by atoms with Crippen LogP contribution in [0, 0.1) is 11.3 Å². The van der Waals surface area contributed by atoms with E-state index >= 15 is 0 Å². The minimum atomic E-state index is -0.297. The van der Waals surface area contributed by atoms with E-state index in [4.69, 9.17) is 4.74 Å². The molecule has 0 aliphatic carbocycles. The average molecular weight is 199 g/mol. The van der Waals surface area contributed by atoms with Crippen LogP contribution in [0.25, 0.3) is 0 Å². The lowest BCUT2D eigenvalue weighted by Crippen LogP contribution is -2.49. The first-order valence-electron chi connectivity index (χ1n) is 4.90. The van der Waals surface area contributed by atoms with E-state index in [-0.39, 0.29) is 23.2 Å². The highest BCUT2D eigenvalue weighted by atomic mass is 16.5. The van der Waals surface area contributed by atoms with Gasteiger partial charge in [0, 0.05) is 13.0 Å². The fourth-order valence-electron chi connectivity index (χ4n) is 1.74. The summed E-state index contributed by atoms with van der Waals surface area (Å²) < 4.78 is 4.96. The summed E-state index contributed by atoms with van der Waals surface area (Å²) in [5, 5.41) is 2.69. The van der Waals surface area contributed by atoms with Gasteiger partial charge in [-0.1, -0.05) is 13.8 Å². The average Bonchev–Trinajstić information content (AvgIpc) is 2.01. The first-order chi connectivity index (χ1) is 6.47. The van der Waals surface area contributed by atoms with Crippen LogP contribution < -0.4 is 5.32 Å². The molecule has 1 heterocycles. The lowest BCUT2D eigenvalue weighted by molar-refractivity contribution is -0.154. The molecule has 1 aliphatic rings. The number of ether oxygens (including phenoxy) is 1. The number of esters is 1. The molecule has 0 saturated carbocycles. The molecule has 0 aromatic rings. The van der Waals surface area contributed by atoms with Crippen molar-refractivity contribution in [3.05, 3.63) is 0 Å². The lowest BCUT2D eigenvalue weighted by atomic mass is 9.73. The molecule has 1 unspecified atom stereocenters. The Kier molecular flexibility index (Phi) is 3.13. The molecule has 14 heavy (non-hydrogen) atoms. The molecule has 0 radical (unpaired) electrons. The fourth-order valence-corrected chi connectivity index (χ4v) is 1.74. The highest BCUT2D eigenvalue weighted by molar-refractivity contribution is 5.82. The van der Waals surface area contributed by atoms with Crippen LogP contribution in [-0.2, 0) is 14.3 Å². The molecule has 0 aromatic heterocycles. The second-order valence-electron chi connectivity index (χ2n) is 4.27. The van der Waals surface area contributed by atoms with Gasteiger partial charge >= 0.3 is 5.97 Å². The van der Waals surface area contributed by atoms with Crippen LogP contribution in [0.3, 0.4) is 0 Å². The van der Waals surface area contributed by atoms with Crippen molar-refractivity contribution < 1.29 is 14.3 Å². The van der Waals surface area contributed by atoms with Gasteiger partial charge in [0.15, 0.2) is 0 Å². The van der Waals surface area contributed by atoms with E-state index in [1.54, 1.807) is 6.92 Å². The third kappa shape index (κ3) is 2.25. The van der Waals surface area contributed by atoms with Crippen molar-refractivity contribution in [2.45, 2.75) is 27.2 Å². The Balaban J connectivity index is 2.68. The van der Waals surface area contributed by atoms with Gasteiger partial charge in [0.2, 0.25) is 5.91 Å². The third-order valence-electron chi connectivity index (χ3n) is 2.63. The van der Waals surface area contributed by atoms with E-state index in [0.717, 1.165) is 0 Å². The first kappa shape index (κ1) is 11.0. The van der Waals surface area contributed by atoms with Gasteiger partial charge in [-0.05, 0) is 12.3 Å². The topological polar surface area (TPSA) is 55.4 Å². The Morgan fingerprint density at radius 2 is 2.29 bits per heavy atom. The summed E-state index contributed by atoms with van der Waals surface area (Å²) in [6, 6.07) is 0. The second-order valence-corrected chi connectivity index (χ2v) is 4.27. The van der Waals surface area contributed by atoms with Gasteiger partial charge in [-0.15, -0.1) is 0 Å². The van der Waals surface area contributed by atoms with Crippen LogP contribution in [0.1, 0.15) is 27.2 Å². The van der Waals surface area contributed by atoms with Crippen molar-refractivity contribution in [1.82, 2.24) is 5.32 Å². The number of rotatable bonds is 2. The summed E-state index contributed by atoms with van der Waals surface area (Å²) in [4.78, 5) is 22.7. The molecular formula is C10H17NO3. The Morgan fingerprint density at radius 3 is 2.79 bits per heavy atom. The van der Waals surface area contributed by atoms with E-state index in [9.17, 15) is 9.59 Å². The molecule has 1 fully saturated rings. The SMILES string of the molecule is CCOC(=O)C1CNC(=O)CC1(C)C. The van der Waals surface area contributed by atoms with Crippen molar-refractivity contribution in [1.29, 1.82) is 0 Å². The van der Waals surface area contributed by atoms with Crippen LogP contribution in [0.5, 0.6) is 0 Å². The molecule has 1 N–H and O–H groups in total. The largest absolute Gasteiger partial charge is 0.466 e. The summed E-state index contributed by atoms with van der Waals surface area (Å²) in [5.74, 6) is -0.423. The number of hydrogen-bond donors (Lipinski definition) is 1. The standard InChI is InChI=1S/C10H17NO3/c1-4-14-9(13)7-6-11-8(12)5-10(7,2)3/h7H,4-6H2,1-3H3,(H,11,12). The highest BCUT2D eigenvalue weighted by Gasteiger charge is 2.41. The van der Waals surface area contributed by atoms with E-state index in [0.29, 0.717) is 19.6 Å². The van der Waals surface area contributed by atoms with E-state index in [1.807, 2.05) is 13.8 Å². The first-order valence-corrected chi connectivity index (χ1v) is 4.90. The van der Waals surface area contributed by atoms with Crippen molar-refractivity contribution in [3.8, 4) is 0 Å². The van der Waals surface area contributed by atoms with Gasteiger partial charge in [-0.3, -0.25) is 9.59 Å². The van der Waals surface area contributed by atoms with Gasteiger partial charge in [-0.2, -0.15) is 0 Å². The van der Waals surface area contributed by atoms with Gasteiger partial charge in [0.05, 0.1) is 12.5 Å². The molecule has 0 bridgehead atoms. The zero-order valence-corrected chi connectivity index (χ0v) is 8.92. The van der Waals surface area contributed by atoms with Crippen LogP contribution in [-0.4, -0.2) is 25.0 Å². The predicted molar refractivity (Wildman–Crippen MR) is 51.5 cm³/mol. The highest BCUT2D eigenvalue weighted by Crippen LogP contribution is 2.33. The normalized spacial score (nSPS) is 25.4. The molecular weight excluding hydrogens is 182 g/mol. The van der Waals surface area contributed by atoms with Crippen molar-refractivity contribution in [2.75, 3.05) is 13.2 Å². The molecule has 1 atom stereocenters. The smallest absolute Gasteiger partial charge is 0.311 e. The number of amides is 1. The summed E-state index contributed by atoms with van der Waals surface area (Å²) in [7, 11) is 0. The van der Waals surface area contributed by atoms with Crippen LogP contribution in [0.4, 0.5) is 0 Å². The number of piperidine rings is 1. The van der Waals surface area contributed by atoms with E-state index in [2.05, 4.69) is 5.32 Å². The molecule has 1 saturated heterocycles. The quantitative estimate of drug-likeness (QED) is 0.666. The molecule has 4 nitrogen and oxygen atoms in total. The maximum absolute atomic E-state index is 11.5. The fraction of sp³-hybridized carbons (Fsp3) is 0.800. The summed E-state index contributed by atoms with van der Waals surface area (Å²) in [6.07, 6.45) is 0.385. The maximum Gasteiger partial charge on any atom is 0.311 e. The van der Waals surface area contributed by atoms with E-state index in [1.165, 1.54) is 0 Å². The minimum Gasteiger partial charge on any atom is -0.466 e. The zero-order valence-electron chi connectivity index (χ0n) is 8.92. The Bertz CT molecular complexity index is 248. The van der Waals surface area contributed by atoms with Crippen molar-refractivity contribution in [3.63, 3.8) is 0 Å². The van der Waals surface area contributed by atoms with Gasteiger partial charge in [0.25, 0.3) is 0 Å². The molecule has 0 aromatic carbocycles. The number of carbonyl (C=O) groups is 2. The molecule has 1 rings (SSSR count). The van der Waals surface area contributed by atoms with Gasteiger partial charge in [-0.25, -0.2) is 0 Å². The van der Waals surface area contributed by atoms with Crippen molar-refractivity contribution in [2.24, 2.45) is 11.3 Å². The lowest BCUT2D eigenvalue weighted by Gasteiger charge is -2.36. The van der Waals surface area contributed by atoms with Gasteiger partial charge < -0.3 is 10.1 Å². The number of carbonyl (C=O) groups excluding carboxylic acids is 2. The van der Waals surface area contributed by atoms with Crippen molar-refractivity contribution >= 4 is 11.9 Å². The number of nitrogens with one attached hydrogen (secondary N) is 1. The maximum atomic E-state index is 11.5.